The normalized spacial score (nSPS) is 23.9. The summed E-state index contributed by atoms with van der Waals surface area (Å²) >= 11 is 0. The molecule has 0 atom stereocenters. The first-order valence-corrected chi connectivity index (χ1v) is 7.66. The predicted octanol–water partition coefficient (Wildman–Crippen LogP) is 4.55. The summed E-state index contributed by atoms with van der Waals surface area (Å²) in [5, 5.41) is 0. The van der Waals surface area contributed by atoms with Gasteiger partial charge in [-0.3, -0.25) is 0 Å². The standard InChI is InChI=1S/C13H17N.C6H5/c1-2-4-12(5-3-1)14-10-11-6-8-13(14)9-7-11;1-2-4-6-5-3-1/h1-5,11,13H,6-10H2;1-5H. The van der Waals surface area contributed by atoms with Gasteiger partial charge in [-0.25, -0.2) is 0 Å². The van der Waals surface area contributed by atoms with Crippen molar-refractivity contribution in [2.45, 2.75) is 31.7 Å². The van der Waals surface area contributed by atoms with Crippen LogP contribution in [0.25, 0.3) is 0 Å². The zero-order valence-electron chi connectivity index (χ0n) is 11.9. The van der Waals surface area contributed by atoms with E-state index in [1.165, 1.54) is 37.9 Å². The Kier molecular flexibility index (Phi) is 4.37. The molecule has 1 heteroatoms. The van der Waals surface area contributed by atoms with Crippen molar-refractivity contribution in [2.24, 2.45) is 5.92 Å². The highest BCUT2D eigenvalue weighted by molar-refractivity contribution is 5.48. The van der Waals surface area contributed by atoms with Crippen LogP contribution in [0.1, 0.15) is 25.7 Å². The second-order valence-corrected chi connectivity index (χ2v) is 5.74. The number of rotatable bonds is 1. The van der Waals surface area contributed by atoms with Gasteiger partial charge < -0.3 is 4.90 Å². The molecule has 5 rings (SSSR count). The van der Waals surface area contributed by atoms with Crippen molar-refractivity contribution in [3.05, 3.63) is 66.7 Å². The zero-order chi connectivity index (χ0) is 13.6. The van der Waals surface area contributed by atoms with Crippen LogP contribution in [0.2, 0.25) is 0 Å². The van der Waals surface area contributed by atoms with Crippen LogP contribution in [0.5, 0.6) is 0 Å². The molecule has 0 unspecified atom stereocenters. The Balaban J connectivity index is 0.000000170. The second kappa shape index (κ2) is 6.60. The molecule has 1 aliphatic carbocycles. The minimum atomic E-state index is 0.836. The Bertz CT molecular complexity index is 459. The molecule has 1 saturated carbocycles. The number of para-hydroxylation sites is 1. The molecule has 0 spiro atoms. The van der Waals surface area contributed by atoms with Crippen LogP contribution in [-0.4, -0.2) is 12.6 Å². The van der Waals surface area contributed by atoms with Crippen LogP contribution >= 0.6 is 0 Å². The fourth-order valence-corrected chi connectivity index (χ4v) is 3.34. The second-order valence-electron chi connectivity index (χ2n) is 5.74. The van der Waals surface area contributed by atoms with Gasteiger partial charge in [-0.1, -0.05) is 48.5 Å². The lowest BCUT2D eigenvalue weighted by Crippen LogP contribution is -2.48. The quantitative estimate of drug-likeness (QED) is 0.730. The first kappa shape index (κ1) is 13.2. The molecule has 0 aromatic heterocycles. The average Bonchev–Trinajstić information content (AvgIpc) is 2.59. The summed E-state index contributed by atoms with van der Waals surface area (Å²) < 4.78 is 0. The summed E-state index contributed by atoms with van der Waals surface area (Å²) in [6.07, 6.45) is 5.77. The summed E-state index contributed by atoms with van der Waals surface area (Å²) in [5.74, 6) is 0.972. The van der Waals surface area contributed by atoms with Crippen LogP contribution in [0.15, 0.2) is 60.7 Å². The van der Waals surface area contributed by atoms with Gasteiger partial charge in [0.05, 0.1) is 0 Å². The van der Waals surface area contributed by atoms with Crippen molar-refractivity contribution in [1.29, 1.82) is 0 Å². The maximum atomic E-state index is 2.89. The predicted molar refractivity (Wildman–Crippen MR) is 84.8 cm³/mol. The molecule has 2 saturated heterocycles. The number of piperidine rings is 2. The molecule has 3 fully saturated rings. The number of anilines is 1. The average molecular weight is 264 g/mol. The minimum Gasteiger partial charge on any atom is -0.368 e. The summed E-state index contributed by atoms with van der Waals surface area (Å²) in [5.41, 5.74) is 1.43. The van der Waals surface area contributed by atoms with Gasteiger partial charge in [0.2, 0.25) is 0 Å². The molecule has 2 bridgehead atoms. The van der Waals surface area contributed by atoms with Crippen molar-refractivity contribution in [3.8, 4) is 0 Å². The van der Waals surface area contributed by atoms with E-state index in [9.17, 15) is 0 Å². The maximum absolute atomic E-state index is 2.89. The van der Waals surface area contributed by atoms with Gasteiger partial charge in [-0.2, -0.15) is 0 Å². The van der Waals surface area contributed by atoms with E-state index in [2.05, 4.69) is 41.3 Å². The van der Waals surface area contributed by atoms with Crippen molar-refractivity contribution in [3.63, 3.8) is 0 Å². The van der Waals surface area contributed by atoms with Crippen LogP contribution in [0, 0.1) is 12.0 Å². The van der Waals surface area contributed by atoms with Gasteiger partial charge in [0.15, 0.2) is 0 Å². The number of fused-ring (bicyclic) bond motifs is 3. The van der Waals surface area contributed by atoms with Crippen LogP contribution < -0.4 is 4.90 Å². The Hall–Kier alpha value is -1.76. The van der Waals surface area contributed by atoms with Crippen LogP contribution in [-0.2, 0) is 0 Å². The van der Waals surface area contributed by atoms with E-state index in [0.717, 1.165) is 12.0 Å². The van der Waals surface area contributed by atoms with E-state index in [0.29, 0.717) is 0 Å². The summed E-state index contributed by atoms with van der Waals surface area (Å²) in [7, 11) is 0. The third-order valence-corrected chi connectivity index (χ3v) is 4.41. The minimum absolute atomic E-state index is 0.836. The van der Waals surface area contributed by atoms with E-state index in [1.54, 1.807) is 0 Å². The Morgan fingerprint density at radius 2 is 1.45 bits per heavy atom. The van der Waals surface area contributed by atoms with Crippen molar-refractivity contribution >= 4 is 5.69 Å². The first-order chi connectivity index (χ1) is 9.93. The van der Waals surface area contributed by atoms with Gasteiger partial charge in [-0.05, 0) is 49.8 Å². The maximum Gasteiger partial charge on any atom is 0.0368 e. The van der Waals surface area contributed by atoms with Crippen LogP contribution in [0.3, 0.4) is 0 Å². The molecular formula is C19H22N. The molecule has 2 heterocycles. The van der Waals surface area contributed by atoms with Crippen molar-refractivity contribution in [1.82, 2.24) is 0 Å². The smallest absolute Gasteiger partial charge is 0.0368 e. The van der Waals surface area contributed by atoms with E-state index in [4.69, 9.17) is 0 Å². The summed E-state index contributed by atoms with van der Waals surface area (Å²) in [6, 6.07) is 24.2. The molecule has 0 amide bonds. The SMILES string of the molecule is [c]1ccccc1.c1ccc(N2CC3CCC2CC3)cc1. The number of hydrogen-bond donors (Lipinski definition) is 0. The molecule has 2 aromatic carbocycles. The number of benzene rings is 2. The molecule has 20 heavy (non-hydrogen) atoms. The highest BCUT2D eigenvalue weighted by atomic mass is 15.2. The molecule has 0 N–H and O–H groups in total. The lowest BCUT2D eigenvalue weighted by molar-refractivity contribution is 0.252. The van der Waals surface area contributed by atoms with Gasteiger partial charge >= 0.3 is 0 Å². The molecular weight excluding hydrogens is 242 g/mol. The topological polar surface area (TPSA) is 3.24 Å². The molecule has 1 nitrogen and oxygen atoms in total. The van der Waals surface area contributed by atoms with Gasteiger partial charge in [0.25, 0.3) is 0 Å². The zero-order valence-corrected chi connectivity index (χ0v) is 11.9. The van der Waals surface area contributed by atoms with E-state index < -0.39 is 0 Å². The largest absolute Gasteiger partial charge is 0.368 e. The first-order valence-electron chi connectivity index (χ1n) is 7.66. The van der Waals surface area contributed by atoms with Crippen molar-refractivity contribution < 1.29 is 0 Å². The molecule has 1 radical (unpaired) electrons. The Morgan fingerprint density at radius 1 is 0.800 bits per heavy atom. The van der Waals surface area contributed by atoms with Gasteiger partial charge in [0.1, 0.15) is 0 Å². The monoisotopic (exact) mass is 264 g/mol. The third kappa shape index (κ3) is 3.22. The van der Waals surface area contributed by atoms with E-state index >= 15 is 0 Å². The molecule has 2 aliphatic heterocycles. The van der Waals surface area contributed by atoms with E-state index in [-0.39, 0.29) is 0 Å². The Labute approximate surface area is 122 Å². The summed E-state index contributed by atoms with van der Waals surface area (Å²) in [6.45, 7) is 1.30. The fraction of sp³-hybridized carbons (Fsp3) is 0.368. The fourth-order valence-electron chi connectivity index (χ4n) is 3.34. The van der Waals surface area contributed by atoms with E-state index in [1.807, 2.05) is 30.3 Å². The molecule has 3 aliphatic rings. The van der Waals surface area contributed by atoms with Gasteiger partial charge in [0, 0.05) is 18.3 Å². The van der Waals surface area contributed by atoms with Crippen LogP contribution in [0.4, 0.5) is 5.69 Å². The van der Waals surface area contributed by atoms with Gasteiger partial charge in [-0.15, -0.1) is 0 Å². The highest BCUT2D eigenvalue weighted by Crippen LogP contribution is 2.37. The lowest BCUT2D eigenvalue weighted by atomic mass is 9.80. The molecule has 2 aromatic rings. The van der Waals surface area contributed by atoms with Crippen molar-refractivity contribution in [2.75, 3.05) is 11.4 Å². The third-order valence-electron chi connectivity index (χ3n) is 4.41. The molecule has 103 valence electrons. The lowest BCUT2D eigenvalue weighted by Gasteiger charge is -2.46. The number of hydrogen-bond acceptors (Lipinski definition) is 1. The Morgan fingerprint density at radius 3 is 1.90 bits per heavy atom. The highest BCUT2D eigenvalue weighted by Gasteiger charge is 2.33. The summed E-state index contributed by atoms with van der Waals surface area (Å²) in [4.78, 5) is 2.62. The number of nitrogens with zero attached hydrogens (tertiary/aromatic N) is 1.